The van der Waals surface area contributed by atoms with Gasteiger partial charge in [-0.05, 0) is 37.5 Å². The molecule has 0 bridgehead atoms. The second-order valence-corrected chi connectivity index (χ2v) is 2.81. The van der Waals surface area contributed by atoms with Crippen molar-refractivity contribution in [2.75, 3.05) is 0 Å². The van der Waals surface area contributed by atoms with E-state index in [1.807, 2.05) is 0 Å². The van der Waals surface area contributed by atoms with Crippen molar-refractivity contribution in [2.24, 2.45) is 11.8 Å². The molecular weight excluding hydrogens is 96.1 g/mol. The Hall–Kier alpha value is -0.260. The molecule has 1 fully saturated rings. The Morgan fingerprint density at radius 2 is 2.38 bits per heavy atom. The lowest BCUT2D eigenvalue weighted by Crippen LogP contribution is -1.96. The topological polar surface area (TPSA) is 0 Å². The molecule has 0 nitrogen and oxygen atoms in total. The minimum absolute atomic E-state index is 0.870. The lowest BCUT2D eigenvalue weighted by molar-refractivity contribution is 0.518. The molecule has 8 heavy (non-hydrogen) atoms. The predicted octanol–water partition coefficient (Wildman–Crippen LogP) is 2.18. The van der Waals surface area contributed by atoms with E-state index in [1.165, 1.54) is 19.3 Å². The largest absolute Gasteiger partial charge is 0.0879 e. The minimum atomic E-state index is 0.870. The number of hydrogen-bond acceptors (Lipinski definition) is 0. The van der Waals surface area contributed by atoms with Gasteiger partial charge in [0.15, 0.2) is 0 Å². The number of allylic oxidation sites excluding steroid dienone is 2. The van der Waals surface area contributed by atoms with Crippen LogP contribution < -0.4 is 0 Å². The maximum atomic E-state index is 2.45. The summed E-state index contributed by atoms with van der Waals surface area (Å²) in [4.78, 5) is 0. The monoisotopic (exact) mass is 107 g/mol. The van der Waals surface area contributed by atoms with E-state index in [2.05, 4.69) is 18.6 Å². The standard InChI is InChI=1S/C8H11/c1-3-7-5-2-6-8(7)4-1/h1,3,5,7-8H,2,4,6H2. The van der Waals surface area contributed by atoms with Crippen LogP contribution in [0.2, 0.25) is 0 Å². The van der Waals surface area contributed by atoms with E-state index in [4.69, 9.17) is 0 Å². The van der Waals surface area contributed by atoms with Gasteiger partial charge in [-0.25, -0.2) is 0 Å². The molecule has 0 heteroatoms. The summed E-state index contributed by atoms with van der Waals surface area (Å²) in [5, 5.41) is 0. The zero-order valence-electron chi connectivity index (χ0n) is 5.01. The van der Waals surface area contributed by atoms with E-state index in [9.17, 15) is 0 Å². The number of hydrogen-bond donors (Lipinski definition) is 0. The van der Waals surface area contributed by atoms with Crippen LogP contribution in [0.1, 0.15) is 19.3 Å². The molecule has 1 saturated carbocycles. The van der Waals surface area contributed by atoms with Gasteiger partial charge in [0.05, 0.1) is 0 Å². The molecule has 2 atom stereocenters. The minimum Gasteiger partial charge on any atom is -0.0879 e. The van der Waals surface area contributed by atoms with Crippen molar-refractivity contribution in [3.05, 3.63) is 18.6 Å². The lowest BCUT2D eigenvalue weighted by Gasteiger charge is -2.04. The van der Waals surface area contributed by atoms with E-state index in [1.54, 1.807) is 0 Å². The fourth-order valence-corrected chi connectivity index (χ4v) is 1.81. The summed E-state index contributed by atoms with van der Waals surface area (Å²) in [6.07, 6.45) is 11.3. The highest BCUT2D eigenvalue weighted by Gasteiger charge is 2.27. The fourth-order valence-electron chi connectivity index (χ4n) is 1.81. The normalized spacial score (nSPS) is 43.0. The molecular formula is C8H11. The van der Waals surface area contributed by atoms with Crippen molar-refractivity contribution < 1.29 is 0 Å². The van der Waals surface area contributed by atoms with E-state index in [0.717, 1.165) is 11.8 Å². The molecule has 2 rings (SSSR count). The van der Waals surface area contributed by atoms with Gasteiger partial charge in [-0.15, -0.1) is 0 Å². The Balaban J connectivity index is 2.13. The molecule has 0 N–H and O–H groups in total. The molecule has 0 heterocycles. The van der Waals surface area contributed by atoms with Gasteiger partial charge in [0.25, 0.3) is 0 Å². The molecule has 0 aromatic rings. The third-order valence-electron chi connectivity index (χ3n) is 2.32. The molecule has 0 saturated heterocycles. The van der Waals surface area contributed by atoms with Crippen molar-refractivity contribution in [1.82, 2.24) is 0 Å². The van der Waals surface area contributed by atoms with Gasteiger partial charge in [-0.2, -0.15) is 0 Å². The quantitative estimate of drug-likeness (QED) is 0.416. The first-order valence-electron chi connectivity index (χ1n) is 3.47. The maximum Gasteiger partial charge on any atom is -0.0171 e. The van der Waals surface area contributed by atoms with Gasteiger partial charge < -0.3 is 0 Å². The van der Waals surface area contributed by atoms with Gasteiger partial charge in [-0.1, -0.05) is 12.2 Å². The predicted molar refractivity (Wildman–Crippen MR) is 34.3 cm³/mol. The highest BCUT2D eigenvalue weighted by atomic mass is 14.3. The summed E-state index contributed by atoms with van der Waals surface area (Å²) >= 11 is 0. The average molecular weight is 107 g/mol. The molecule has 0 aliphatic heterocycles. The van der Waals surface area contributed by atoms with Crippen LogP contribution in [0, 0.1) is 18.3 Å². The second-order valence-electron chi connectivity index (χ2n) is 2.81. The molecule has 2 unspecified atom stereocenters. The summed E-state index contributed by atoms with van der Waals surface area (Å²) in [5.41, 5.74) is 0. The summed E-state index contributed by atoms with van der Waals surface area (Å²) in [6, 6.07) is 0. The third-order valence-corrected chi connectivity index (χ3v) is 2.32. The Kier molecular flexibility index (Phi) is 0.927. The Bertz CT molecular complexity index is 113. The van der Waals surface area contributed by atoms with E-state index >= 15 is 0 Å². The van der Waals surface area contributed by atoms with Gasteiger partial charge in [-0.3, -0.25) is 0 Å². The summed E-state index contributed by atoms with van der Waals surface area (Å²) in [5.74, 6) is 1.88. The van der Waals surface area contributed by atoms with Crippen LogP contribution in [-0.2, 0) is 0 Å². The van der Waals surface area contributed by atoms with Crippen molar-refractivity contribution in [3.63, 3.8) is 0 Å². The average Bonchev–Trinajstić information content (AvgIpc) is 2.15. The van der Waals surface area contributed by atoms with Crippen LogP contribution in [0.4, 0.5) is 0 Å². The van der Waals surface area contributed by atoms with Gasteiger partial charge in [0.2, 0.25) is 0 Å². The first kappa shape index (κ1) is 4.60. The number of rotatable bonds is 0. The van der Waals surface area contributed by atoms with Crippen LogP contribution in [0.15, 0.2) is 12.2 Å². The SMILES string of the molecule is [CH]1CCC2CC=CC12. The molecule has 0 spiro atoms. The summed E-state index contributed by atoms with van der Waals surface area (Å²) < 4.78 is 0. The molecule has 0 aromatic carbocycles. The zero-order chi connectivity index (χ0) is 5.40. The Morgan fingerprint density at radius 1 is 1.38 bits per heavy atom. The van der Waals surface area contributed by atoms with Crippen LogP contribution in [-0.4, -0.2) is 0 Å². The molecule has 2 aliphatic carbocycles. The van der Waals surface area contributed by atoms with Crippen LogP contribution in [0.25, 0.3) is 0 Å². The number of fused-ring (bicyclic) bond motifs is 1. The van der Waals surface area contributed by atoms with Crippen molar-refractivity contribution in [3.8, 4) is 0 Å². The first-order valence-corrected chi connectivity index (χ1v) is 3.47. The second kappa shape index (κ2) is 1.61. The van der Waals surface area contributed by atoms with E-state index in [0.29, 0.717) is 0 Å². The molecule has 43 valence electrons. The van der Waals surface area contributed by atoms with Gasteiger partial charge >= 0.3 is 0 Å². The lowest BCUT2D eigenvalue weighted by atomic mass is 10.0. The molecule has 2 aliphatic rings. The molecule has 1 radical (unpaired) electrons. The summed E-state index contributed by atoms with van der Waals surface area (Å²) in [7, 11) is 0. The Labute approximate surface area is 50.6 Å². The Morgan fingerprint density at radius 3 is 3.25 bits per heavy atom. The van der Waals surface area contributed by atoms with Crippen LogP contribution in [0.5, 0.6) is 0 Å². The first-order chi connectivity index (χ1) is 3.97. The van der Waals surface area contributed by atoms with E-state index in [-0.39, 0.29) is 0 Å². The van der Waals surface area contributed by atoms with Crippen molar-refractivity contribution in [1.29, 1.82) is 0 Å². The highest BCUT2D eigenvalue weighted by Crippen LogP contribution is 2.38. The van der Waals surface area contributed by atoms with Crippen molar-refractivity contribution in [2.45, 2.75) is 19.3 Å². The zero-order valence-corrected chi connectivity index (χ0v) is 5.01. The molecule has 0 aromatic heterocycles. The van der Waals surface area contributed by atoms with Crippen molar-refractivity contribution >= 4 is 0 Å². The molecule has 0 amide bonds. The fraction of sp³-hybridized carbons (Fsp3) is 0.625. The van der Waals surface area contributed by atoms with Gasteiger partial charge in [0.1, 0.15) is 0 Å². The smallest absolute Gasteiger partial charge is 0.0171 e. The third kappa shape index (κ3) is 0.521. The van der Waals surface area contributed by atoms with E-state index < -0.39 is 0 Å². The highest BCUT2D eigenvalue weighted by molar-refractivity contribution is 5.10. The van der Waals surface area contributed by atoms with Gasteiger partial charge in [0, 0.05) is 0 Å². The maximum absolute atomic E-state index is 2.45. The summed E-state index contributed by atoms with van der Waals surface area (Å²) in [6.45, 7) is 0. The van der Waals surface area contributed by atoms with Crippen LogP contribution in [0.3, 0.4) is 0 Å². The van der Waals surface area contributed by atoms with Crippen LogP contribution >= 0.6 is 0 Å².